The van der Waals surface area contributed by atoms with Crippen LogP contribution in [0.25, 0.3) is 11.7 Å². The van der Waals surface area contributed by atoms with E-state index in [2.05, 4.69) is 21.6 Å². The Morgan fingerprint density at radius 2 is 2.27 bits per heavy atom. The molecule has 0 aliphatic carbocycles. The molecule has 0 aromatic carbocycles. The Hall–Kier alpha value is -2.06. The summed E-state index contributed by atoms with van der Waals surface area (Å²) in [5.74, 6) is 1.01. The monoisotopic (exact) mass is 335 g/mol. The summed E-state index contributed by atoms with van der Waals surface area (Å²) in [5.41, 5.74) is 0. The quantitative estimate of drug-likeness (QED) is 0.669. The Bertz CT molecular complexity index is 708. The van der Waals surface area contributed by atoms with Crippen molar-refractivity contribution in [2.45, 2.75) is 11.6 Å². The van der Waals surface area contributed by atoms with Crippen LogP contribution in [0.1, 0.15) is 4.88 Å². The van der Waals surface area contributed by atoms with E-state index in [4.69, 9.17) is 8.83 Å². The molecular formula is C14H13N3O3S2. The molecule has 1 N–H and O–H groups in total. The molecule has 1 amide bonds. The first-order chi connectivity index (χ1) is 10.8. The molecule has 3 aromatic heterocycles. The van der Waals surface area contributed by atoms with Gasteiger partial charge in [0.05, 0.1) is 12.0 Å². The van der Waals surface area contributed by atoms with Crippen molar-refractivity contribution in [1.29, 1.82) is 0 Å². The molecule has 0 radical (unpaired) electrons. The predicted molar refractivity (Wildman–Crippen MR) is 83.8 cm³/mol. The van der Waals surface area contributed by atoms with Crippen LogP contribution in [0.4, 0.5) is 0 Å². The van der Waals surface area contributed by atoms with Gasteiger partial charge >= 0.3 is 0 Å². The summed E-state index contributed by atoms with van der Waals surface area (Å²) >= 11 is 2.89. The molecule has 0 aliphatic heterocycles. The van der Waals surface area contributed by atoms with Crippen molar-refractivity contribution in [3.63, 3.8) is 0 Å². The Morgan fingerprint density at radius 1 is 1.32 bits per heavy atom. The Kier molecular flexibility index (Phi) is 4.92. The number of nitrogens with zero attached hydrogens (tertiary/aromatic N) is 2. The molecule has 0 spiro atoms. The van der Waals surface area contributed by atoms with E-state index >= 15 is 0 Å². The summed E-state index contributed by atoms with van der Waals surface area (Å²) in [6, 6.07) is 7.54. The third-order valence-electron chi connectivity index (χ3n) is 2.74. The lowest BCUT2D eigenvalue weighted by Crippen LogP contribution is -2.27. The Balaban J connectivity index is 1.41. The van der Waals surface area contributed by atoms with Gasteiger partial charge in [-0.25, -0.2) is 0 Å². The zero-order chi connectivity index (χ0) is 15.2. The van der Waals surface area contributed by atoms with Crippen LogP contribution in [0.3, 0.4) is 0 Å². The standard InChI is InChI=1S/C14H13N3O3S2/c18-12(15-6-5-10-3-2-8-21-10)9-22-14-17-16-13(20-14)11-4-1-7-19-11/h1-4,7-8H,5-6,9H2,(H,15,18). The number of carbonyl (C=O) groups excluding carboxylic acids is 1. The fourth-order valence-corrected chi connectivity index (χ4v) is 3.03. The van der Waals surface area contributed by atoms with Crippen LogP contribution < -0.4 is 5.32 Å². The number of nitrogens with one attached hydrogen (secondary N) is 1. The van der Waals surface area contributed by atoms with Crippen molar-refractivity contribution in [2.24, 2.45) is 0 Å². The molecule has 0 saturated carbocycles. The van der Waals surface area contributed by atoms with Crippen LogP contribution in [0.5, 0.6) is 0 Å². The molecular weight excluding hydrogens is 322 g/mol. The lowest BCUT2D eigenvalue weighted by molar-refractivity contribution is -0.118. The van der Waals surface area contributed by atoms with Crippen LogP contribution in [-0.4, -0.2) is 28.4 Å². The third-order valence-corrected chi connectivity index (χ3v) is 4.49. The number of hydrogen-bond donors (Lipinski definition) is 1. The molecule has 0 fully saturated rings. The number of thioether (sulfide) groups is 1. The average molecular weight is 335 g/mol. The lowest BCUT2D eigenvalue weighted by atomic mass is 10.3. The highest BCUT2D eigenvalue weighted by molar-refractivity contribution is 7.99. The molecule has 0 unspecified atom stereocenters. The molecule has 3 heterocycles. The van der Waals surface area contributed by atoms with E-state index in [9.17, 15) is 4.79 Å². The van der Waals surface area contributed by atoms with Crippen LogP contribution in [-0.2, 0) is 11.2 Å². The largest absolute Gasteiger partial charge is 0.459 e. The van der Waals surface area contributed by atoms with Crippen molar-refractivity contribution in [1.82, 2.24) is 15.5 Å². The van der Waals surface area contributed by atoms with E-state index in [1.54, 1.807) is 23.5 Å². The second-order valence-electron chi connectivity index (χ2n) is 4.32. The van der Waals surface area contributed by atoms with E-state index in [0.29, 0.717) is 23.4 Å². The molecule has 0 saturated heterocycles. The molecule has 8 heteroatoms. The maximum Gasteiger partial charge on any atom is 0.284 e. The molecule has 114 valence electrons. The average Bonchev–Trinajstić information content (AvgIpc) is 3.26. The molecule has 0 atom stereocenters. The van der Waals surface area contributed by atoms with Gasteiger partial charge in [-0.3, -0.25) is 4.79 Å². The van der Waals surface area contributed by atoms with Crippen LogP contribution in [0.2, 0.25) is 0 Å². The number of rotatable bonds is 7. The molecule has 3 aromatic rings. The summed E-state index contributed by atoms with van der Waals surface area (Å²) in [4.78, 5) is 13.0. The normalized spacial score (nSPS) is 10.7. The maximum atomic E-state index is 11.7. The number of amides is 1. The highest BCUT2D eigenvalue weighted by atomic mass is 32.2. The molecule has 3 rings (SSSR count). The fourth-order valence-electron chi connectivity index (χ4n) is 1.73. The number of thiophene rings is 1. The number of furan rings is 1. The van der Waals surface area contributed by atoms with Crippen molar-refractivity contribution < 1.29 is 13.6 Å². The van der Waals surface area contributed by atoms with E-state index in [1.165, 1.54) is 22.9 Å². The van der Waals surface area contributed by atoms with Gasteiger partial charge in [0.25, 0.3) is 11.1 Å². The first kappa shape index (κ1) is 14.9. The zero-order valence-corrected chi connectivity index (χ0v) is 13.2. The minimum Gasteiger partial charge on any atom is -0.459 e. The Labute approximate surface area is 134 Å². The summed E-state index contributed by atoms with van der Waals surface area (Å²) in [5, 5.41) is 13.0. The molecule has 22 heavy (non-hydrogen) atoms. The number of hydrogen-bond acceptors (Lipinski definition) is 7. The highest BCUT2D eigenvalue weighted by Gasteiger charge is 2.12. The van der Waals surface area contributed by atoms with E-state index in [0.717, 1.165) is 6.42 Å². The summed E-state index contributed by atoms with van der Waals surface area (Å²) in [6.07, 6.45) is 2.38. The molecule has 0 bridgehead atoms. The van der Waals surface area contributed by atoms with Crippen LogP contribution in [0, 0.1) is 0 Å². The summed E-state index contributed by atoms with van der Waals surface area (Å²) < 4.78 is 10.6. The minimum absolute atomic E-state index is 0.0562. The van der Waals surface area contributed by atoms with Crippen molar-refractivity contribution in [3.8, 4) is 11.7 Å². The van der Waals surface area contributed by atoms with Gasteiger partial charge in [0.15, 0.2) is 5.76 Å². The zero-order valence-electron chi connectivity index (χ0n) is 11.5. The minimum atomic E-state index is -0.0562. The fraction of sp³-hybridized carbons (Fsp3) is 0.214. The topological polar surface area (TPSA) is 81.2 Å². The van der Waals surface area contributed by atoms with Crippen LogP contribution >= 0.6 is 23.1 Å². The highest BCUT2D eigenvalue weighted by Crippen LogP contribution is 2.23. The maximum absolute atomic E-state index is 11.7. The van der Waals surface area contributed by atoms with Crippen molar-refractivity contribution in [3.05, 3.63) is 40.8 Å². The first-order valence-electron chi connectivity index (χ1n) is 6.60. The summed E-state index contributed by atoms with van der Waals surface area (Å²) in [6.45, 7) is 0.626. The SMILES string of the molecule is O=C(CSc1nnc(-c2ccco2)o1)NCCc1cccs1. The molecule has 0 aliphatic rings. The Morgan fingerprint density at radius 3 is 3.05 bits per heavy atom. The van der Waals surface area contributed by atoms with Gasteiger partial charge in [-0.05, 0) is 30.0 Å². The van der Waals surface area contributed by atoms with E-state index in [-0.39, 0.29) is 11.7 Å². The second-order valence-corrected chi connectivity index (χ2v) is 6.28. The smallest absolute Gasteiger partial charge is 0.284 e. The van der Waals surface area contributed by atoms with Crippen LogP contribution in [0.15, 0.2) is 50.0 Å². The van der Waals surface area contributed by atoms with E-state index in [1.807, 2.05) is 11.4 Å². The lowest BCUT2D eigenvalue weighted by Gasteiger charge is -2.02. The third kappa shape index (κ3) is 3.99. The van der Waals surface area contributed by atoms with Gasteiger partial charge in [0, 0.05) is 11.4 Å². The first-order valence-corrected chi connectivity index (χ1v) is 8.47. The van der Waals surface area contributed by atoms with Crippen molar-refractivity contribution in [2.75, 3.05) is 12.3 Å². The number of aromatic nitrogens is 2. The molecule has 6 nitrogen and oxygen atoms in total. The van der Waals surface area contributed by atoms with Gasteiger partial charge in [-0.1, -0.05) is 17.8 Å². The van der Waals surface area contributed by atoms with Gasteiger partial charge in [-0.2, -0.15) is 0 Å². The van der Waals surface area contributed by atoms with E-state index < -0.39 is 0 Å². The second kappa shape index (κ2) is 7.28. The van der Waals surface area contributed by atoms with Gasteiger partial charge < -0.3 is 14.2 Å². The predicted octanol–water partition coefficient (Wildman–Crippen LogP) is 2.84. The van der Waals surface area contributed by atoms with Gasteiger partial charge in [0.2, 0.25) is 5.91 Å². The summed E-state index contributed by atoms with van der Waals surface area (Å²) in [7, 11) is 0. The van der Waals surface area contributed by atoms with Gasteiger partial charge in [-0.15, -0.1) is 21.5 Å². The number of carbonyl (C=O) groups is 1. The van der Waals surface area contributed by atoms with Gasteiger partial charge in [0.1, 0.15) is 0 Å². The van der Waals surface area contributed by atoms with Crippen molar-refractivity contribution >= 4 is 29.0 Å².